The molecule has 2 aliphatic rings. The maximum absolute atomic E-state index is 13.5. The second kappa shape index (κ2) is 13.7. The summed E-state index contributed by atoms with van der Waals surface area (Å²) in [6.45, 7) is 4.11. The van der Waals surface area contributed by atoms with Crippen molar-refractivity contribution in [2.75, 3.05) is 39.3 Å². The molecule has 2 N–H and O–H groups in total. The molecular weight excluding hydrogens is 582 g/mol. The van der Waals surface area contributed by atoms with Crippen LogP contribution in [0.2, 0.25) is 0 Å². The fourth-order valence-corrected chi connectivity index (χ4v) is 6.71. The Kier molecular flexibility index (Phi) is 9.59. The van der Waals surface area contributed by atoms with E-state index in [2.05, 4.69) is 10.4 Å². The molecule has 6 rings (SSSR count). The Hall–Kier alpha value is -4.71. The van der Waals surface area contributed by atoms with Crippen molar-refractivity contribution in [3.63, 3.8) is 0 Å². The van der Waals surface area contributed by atoms with Crippen molar-refractivity contribution >= 4 is 45.6 Å². The molecule has 1 fully saturated rings. The molecule has 2 aromatic carbocycles. The molecule has 4 aromatic rings. The van der Waals surface area contributed by atoms with Crippen LogP contribution in [0.25, 0.3) is 10.1 Å². The summed E-state index contributed by atoms with van der Waals surface area (Å²) in [6.07, 6.45) is 0.612. The van der Waals surface area contributed by atoms with Crippen LogP contribution in [0.5, 0.6) is 5.75 Å². The zero-order valence-electron chi connectivity index (χ0n) is 24.6. The summed E-state index contributed by atoms with van der Waals surface area (Å²) >= 11 is 1.49. The third-order valence-electron chi connectivity index (χ3n) is 8.02. The number of aromatic nitrogens is 2. The van der Waals surface area contributed by atoms with Gasteiger partial charge in [-0.25, -0.2) is 0 Å². The van der Waals surface area contributed by atoms with Crippen LogP contribution >= 0.6 is 11.3 Å². The lowest BCUT2D eigenvalue weighted by atomic mass is 9.88. The Morgan fingerprint density at radius 1 is 1.02 bits per heavy atom. The van der Waals surface area contributed by atoms with Gasteiger partial charge in [0.15, 0.2) is 5.69 Å². The van der Waals surface area contributed by atoms with Crippen molar-refractivity contribution in [2.45, 2.75) is 19.3 Å². The van der Waals surface area contributed by atoms with Crippen molar-refractivity contribution in [3.05, 3.63) is 82.5 Å². The van der Waals surface area contributed by atoms with Gasteiger partial charge >= 0.3 is 0 Å². The SMILES string of the molecule is Cc1cc(C(=O)N2C[C@@H]3C(=O)NCCCN(C(=O)c4cc5ccccc5s4)CCOc4cccc(c4)[C@H]3C2)nn1C.O=CO. The van der Waals surface area contributed by atoms with E-state index in [0.29, 0.717) is 62.1 Å². The summed E-state index contributed by atoms with van der Waals surface area (Å²) in [7, 11) is 1.81. The van der Waals surface area contributed by atoms with E-state index in [-0.39, 0.29) is 30.1 Å². The number of nitrogens with zero attached hydrogens (tertiary/aromatic N) is 4. The van der Waals surface area contributed by atoms with Crippen LogP contribution in [0.1, 0.15) is 43.8 Å². The molecular formula is C32H35N5O6S. The van der Waals surface area contributed by atoms with E-state index in [1.54, 1.807) is 20.5 Å². The number of carbonyl (C=O) groups excluding carboxylic acids is 3. The summed E-state index contributed by atoms with van der Waals surface area (Å²) in [5.74, 6) is -0.183. The van der Waals surface area contributed by atoms with Gasteiger partial charge in [0.05, 0.1) is 17.3 Å². The monoisotopic (exact) mass is 617 g/mol. The van der Waals surface area contributed by atoms with Crippen molar-refractivity contribution in [1.82, 2.24) is 24.9 Å². The van der Waals surface area contributed by atoms with E-state index in [4.69, 9.17) is 14.6 Å². The largest absolute Gasteiger partial charge is 0.492 e. The molecule has 2 aliphatic heterocycles. The Morgan fingerprint density at radius 2 is 1.80 bits per heavy atom. The van der Waals surface area contributed by atoms with E-state index in [9.17, 15) is 14.4 Å². The topological polar surface area (TPSA) is 134 Å². The third kappa shape index (κ3) is 6.75. The number of ether oxygens (including phenoxy) is 1. The summed E-state index contributed by atoms with van der Waals surface area (Å²) in [6, 6.07) is 19.4. The first-order chi connectivity index (χ1) is 21.3. The quantitative estimate of drug-likeness (QED) is 0.329. The molecule has 11 nitrogen and oxygen atoms in total. The molecule has 2 aromatic heterocycles. The first-order valence-electron chi connectivity index (χ1n) is 14.4. The van der Waals surface area contributed by atoms with Gasteiger partial charge in [-0.05, 0) is 54.6 Å². The number of aryl methyl sites for hydroxylation is 2. The van der Waals surface area contributed by atoms with Crippen LogP contribution in [0, 0.1) is 12.8 Å². The number of thiophene rings is 1. The summed E-state index contributed by atoms with van der Waals surface area (Å²) < 4.78 is 8.88. The summed E-state index contributed by atoms with van der Waals surface area (Å²) in [5, 5.41) is 15.4. The summed E-state index contributed by atoms with van der Waals surface area (Å²) in [4.78, 5) is 52.9. The Balaban J connectivity index is 0.00000123. The van der Waals surface area contributed by atoms with Crippen LogP contribution in [0.4, 0.5) is 0 Å². The van der Waals surface area contributed by atoms with Crippen molar-refractivity contribution in [1.29, 1.82) is 0 Å². The maximum atomic E-state index is 13.5. The Morgan fingerprint density at radius 3 is 2.55 bits per heavy atom. The highest BCUT2D eigenvalue weighted by atomic mass is 32.1. The van der Waals surface area contributed by atoms with Gasteiger partial charge in [-0.1, -0.05) is 30.3 Å². The minimum absolute atomic E-state index is 0.0308. The van der Waals surface area contributed by atoms with E-state index in [1.807, 2.05) is 68.6 Å². The number of amides is 3. The van der Waals surface area contributed by atoms with Gasteiger partial charge in [-0.15, -0.1) is 11.3 Å². The molecule has 44 heavy (non-hydrogen) atoms. The zero-order valence-corrected chi connectivity index (χ0v) is 25.5. The van der Waals surface area contributed by atoms with Crippen LogP contribution in [-0.4, -0.2) is 88.2 Å². The average Bonchev–Trinajstić information content (AvgIpc) is 3.75. The van der Waals surface area contributed by atoms with Gasteiger partial charge in [-0.2, -0.15) is 5.10 Å². The minimum atomic E-state index is -0.404. The van der Waals surface area contributed by atoms with Gasteiger partial charge in [0.25, 0.3) is 18.3 Å². The smallest absolute Gasteiger partial charge is 0.290 e. The number of benzene rings is 2. The van der Waals surface area contributed by atoms with Crippen LogP contribution in [0.3, 0.4) is 0 Å². The molecule has 2 bridgehead atoms. The van der Waals surface area contributed by atoms with Gasteiger partial charge in [0.1, 0.15) is 12.4 Å². The van der Waals surface area contributed by atoms with E-state index in [0.717, 1.165) is 21.3 Å². The highest BCUT2D eigenvalue weighted by molar-refractivity contribution is 7.20. The van der Waals surface area contributed by atoms with E-state index >= 15 is 0 Å². The summed E-state index contributed by atoms with van der Waals surface area (Å²) in [5.41, 5.74) is 2.23. The van der Waals surface area contributed by atoms with Crippen LogP contribution < -0.4 is 10.1 Å². The van der Waals surface area contributed by atoms with Gasteiger partial charge < -0.3 is 25.0 Å². The highest BCUT2D eigenvalue weighted by Gasteiger charge is 2.41. The lowest BCUT2D eigenvalue weighted by molar-refractivity contribution is -0.125. The average molecular weight is 618 g/mol. The number of carbonyl (C=O) groups is 4. The van der Waals surface area contributed by atoms with E-state index < -0.39 is 5.92 Å². The fourth-order valence-electron chi connectivity index (χ4n) is 5.68. The third-order valence-corrected chi connectivity index (χ3v) is 9.12. The molecule has 0 saturated carbocycles. The molecule has 4 heterocycles. The molecule has 1 saturated heterocycles. The van der Waals surface area contributed by atoms with Gasteiger partial charge in [-0.3, -0.25) is 23.9 Å². The highest BCUT2D eigenvalue weighted by Crippen LogP contribution is 2.35. The number of hydrogen-bond acceptors (Lipinski definition) is 7. The predicted molar refractivity (Wildman–Crippen MR) is 166 cm³/mol. The van der Waals surface area contributed by atoms with Gasteiger partial charge in [0, 0.05) is 49.5 Å². The Labute approximate surface area is 259 Å². The first kappa shape index (κ1) is 30.7. The second-order valence-corrected chi connectivity index (χ2v) is 11.9. The van der Waals surface area contributed by atoms with Crippen molar-refractivity contribution in [3.8, 4) is 5.75 Å². The van der Waals surface area contributed by atoms with Crippen LogP contribution in [-0.2, 0) is 16.6 Å². The number of likely N-dealkylation sites (tertiary alicyclic amines) is 1. The fraction of sp³-hybridized carbons (Fsp3) is 0.344. The minimum Gasteiger partial charge on any atom is -0.492 e. The molecule has 0 spiro atoms. The first-order valence-corrected chi connectivity index (χ1v) is 15.3. The molecule has 0 aliphatic carbocycles. The number of fused-ring (bicyclic) bond motifs is 5. The lowest BCUT2D eigenvalue weighted by Gasteiger charge is -2.24. The maximum Gasteiger partial charge on any atom is 0.290 e. The lowest BCUT2D eigenvalue weighted by Crippen LogP contribution is -2.39. The number of rotatable bonds is 2. The van der Waals surface area contributed by atoms with Crippen LogP contribution in [0.15, 0.2) is 60.7 Å². The number of carboxylic acid groups (broad SMARTS) is 1. The molecule has 2 atom stereocenters. The normalized spacial score (nSPS) is 18.7. The number of hydrogen-bond donors (Lipinski definition) is 2. The molecule has 0 radical (unpaired) electrons. The molecule has 0 unspecified atom stereocenters. The van der Waals surface area contributed by atoms with Gasteiger partial charge in [0.2, 0.25) is 5.91 Å². The second-order valence-electron chi connectivity index (χ2n) is 10.8. The van der Waals surface area contributed by atoms with Crippen molar-refractivity contribution in [2.24, 2.45) is 13.0 Å². The number of nitrogens with one attached hydrogen (secondary N) is 1. The molecule has 3 amide bonds. The van der Waals surface area contributed by atoms with E-state index in [1.165, 1.54) is 11.3 Å². The predicted octanol–water partition coefficient (Wildman–Crippen LogP) is 3.54. The zero-order chi connectivity index (χ0) is 31.2. The molecule has 230 valence electrons. The standard InChI is InChI=1S/C31H33N5O4S.CH2O2/c1-20-15-26(33-34(20)2)30(38)36-18-24-21-8-5-9-23(16-21)40-14-13-35(12-6-11-32-29(37)25(24)19-36)31(39)28-17-22-7-3-4-10-27(22)41-28;2-1-3/h3-5,7-10,15-17,24-25H,6,11-14,18-19H2,1-2H3,(H,32,37);1H,(H,2,3)/t24-,25+;/m1./s1. The Bertz CT molecular complexity index is 1610. The molecule has 12 heteroatoms. The van der Waals surface area contributed by atoms with Crippen molar-refractivity contribution < 1.29 is 29.0 Å².